The van der Waals surface area contributed by atoms with Crippen LogP contribution in [0.15, 0.2) is 0 Å². The van der Waals surface area contributed by atoms with Crippen LogP contribution in [0.3, 0.4) is 0 Å². The van der Waals surface area contributed by atoms with Crippen LogP contribution in [0.2, 0.25) is 0 Å². The van der Waals surface area contributed by atoms with Gasteiger partial charge in [0.1, 0.15) is 0 Å². The van der Waals surface area contributed by atoms with E-state index in [0.717, 1.165) is 18.0 Å². The van der Waals surface area contributed by atoms with Crippen LogP contribution < -0.4 is 5.32 Å². The molecule has 0 aromatic carbocycles. The van der Waals surface area contributed by atoms with E-state index in [1.165, 1.54) is 38.5 Å². The van der Waals surface area contributed by atoms with E-state index in [2.05, 4.69) is 26.1 Å². The Hall–Kier alpha value is -0.0400. The molecule has 2 fully saturated rings. The van der Waals surface area contributed by atoms with Gasteiger partial charge in [-0.05, 0) is 43.9 Å². The predicted octanol–water partition coefficient (Wildman–Crippen LogP) is 3.34. The Bertz CT molecular complexity index is 195. The minimum absolute atomic E-state index is 0.640. The van der Waals surface area contributed by atoms with Gasteiger partial charge in [0.2, 0.25) is 0 Å². The van der Waals surface area contributed by atoms with Gasteiger partial charge in [0.25, 0.3) is 0 Å². The zero-order valence-corrected chi connectivity index (χ0v) is 9.97. The van der Waals surface area contributed by atoms with E-state index >= 15 is 0 Å². The molecule has 0 radical (unpaired) electrons. The molecular weight excluding hydrogens is 170 g/mol. The quantitative estimate of drug-likeness (QED) is 0.728. The van der Waals surface area contributed by atoms with Gasteiger partial charge in [0.15, 0.2) is 0 Å². The summed E-state index contributed by atoms with van der Waals surface area (Å²) < 4.78 is 0. The Labute approximate surface area is 88.7 Å². The fourth-order valence-electron chi connectivity index (χ4n) is 2.77. The first kappa shape index (κ1) is 10.5. The van der Waals surface area contributed by atoms with Crippen molar-refractivity contribution in [2.75, 3.05) is 0 Å². The first-order valence-corrected chi connectivity index (χ1v) is 6.36. The molecule has 1 N–H and O–H groups in total. The summed E-state index contributed by atoms with van der Waals surface area (Å²) >= 11 is 0. The van der Waals surface area contributed by atoms with Crippen molar-refractivity contribution in [2.45, 2.75) is 71.4 Å². The first-order valence-electron chi connectivity index (χ1n) is 6.36. The maximum Gasteiger partial charge on any atom is 0.00951 e. The van der Waals surface area contributed by atoms with Crippen molar-refractivity contribution < 1.29 is 0 Å². The third-order valence-electron chi connectivity index (χ3n) is 4.51. The Kier molecular flexibility index (Phi) is 2.88. The second-order valence-corrected chi connectivity index (χ2v) is 6.01. The molecule has 0 saturated heterocycles. The fourth-order valence-corrected chi connectivity index (χ4v) is 2.77. The van der Waals surface area contributed by atoms with Gasteiger partial charge in [-0.15, -0.1) is 0 Å². The molecule has 1 heteroatoms. The third-order valence-corrected chi connectivity index (χ3v) is 4.51. The molecule has 0 aliphatic heterocycles. The predicted molar refractivity (Wildman–Crippen MR) is 61.4 cm³/mol. The fraction of sp³-hybridized carbons (Fsp3) is 1.00. The lowest BCUT2D eigenvalue weighted by atomic mass is 9.86. The summed E-state index contributed by atoms with van der Waals surface area (Å²) in [4.78, 5) is 0. The zero-order chi connectivity index (χ0) is 10.2. The van der Waals surface area contributed by atoms with E-state index in [4.69, 9.17) is 0 Å². The van der Waals surface area contributed by atoms with Crippen molar-refractivity contribution in [1.29, 1.82) is 0 Å². The summed E-state index contributed by atoms with van der Waals surface area (Å²) in [6, 6.07) is 1.55. The number of hydrogen-bond donors (Lipinski definition) is 1. The van der Waals surface area contributed by atoms with Gasteiger partial charge in [0, 0.05) is 12.1 Å². The number of rotatable bonds is 3. The topological polar surface area (TPSA) is 12.0 Å². The summed E-state index contributed by atoms with van der Waals surface area (Å²) in [6.07, 6.45) is 8.56. The van der Waals surface area contributed by atoms with Crippen LogP contribution in [-0.4, -0.2) is 12.1 Å². The van der Waals surface area contributed by atoms with Crippen LogP contribution in [0.5, 0.6) is 0 Å². The highest BCUT2D eigenvalue weighted by atomic mass is 15.0. The molecule has 82 valence electrons. The lowest BCUT2D eigenvalue weighted by Crippen LogP contribution is -2.43. The van der Waals surface area contributed by atoms with E-state index in [0.29, 0.717) is 5.41 Å². The van der Waals surface area contributed by atoms with Crippen LogP contribution in [0, 0.1) is 11.3 Å². The largest absolute Gasteiger partial charge is 0.311 e. The van der Waals surface area contributed by atoms with E-state index in [-0.39, 0.29) is 0 Å². The molecule has 2 aliphatic rings. The van der Waals surface area contributed by atoms with Crippen molar-refractivity contribution in [1.82, 2.24) is 5.32 Å². The van der Waals surface area contributed by atoms with Crippen molar-refractivity contribution in [2.24, 2.45) is 11.3 Å². The number of hydrogen-bond acceptors (Lipinski definition) is 1. The zero-order valence-electron chi connectivity index (χ0n) is 9.97. The summed E-state index contributed by atoms with van der Waals surface area (Å²) in [6.45, 7) is 7.21. The molecule has 0 spiro atoms. The summed E-state index contributed by atoms with van der Waals surface area (Å²) in [7, 11) is 0. The molecule has 2 rings (SSSR count). The van der Waals surface area contributed by atoms with Crippen LogP contribution in [0.1, 0.15) is 59.3 Å². The maximum atomic E-state index is 3.85. The van der Waals surface area contributed by atoms with Gasteiger partial charge >= 0.3 is 0 Å². The molecule has 0 aromatic heterocycles. The van der Waals surface area contributed by atoms with E-state index in [1.54, 1.807) is 0 Å². The third kappa shape index (κ3) is 2.31. The average molecular weight is 195 g/mol. The van der Waals surface area contributed by atoms with Gasteiger partial charge in [-0.3, -0.25) is 0 Å². The van der Waals surface area contributed by atoms with Gasteiger partial charge in [-0.2, -0.15) is 0 Å². The smallest absolute Gasteiger partial charge is 0.00951 e. The summed E-state index contributed by atoms with van der Waals surface area (Å²) in [5.41, 5.74) is 0.640. The van der Waals surface area contributed by atoms with Gasteiger partial charge in [-0.25, -0.2) is 0 Å². The molecular formula is C13H25N. The lowest BCUT2D eigenvalue weighted by Gasteiger charge is -2.32. The van der Waals surface area contributed by atoms with Gasteiger partial charge in [0.05, 0.1) is 0 Å². The van der Waals surface area contributed by atoms with Crippen LogP contribution in [-0.2, 0) is 0 Å². The molecule has 0 amide bonds. The molecule has 2 aliphatic carbocycles. The molecule has 1 nitrogen and oxygen atoms in total. The van der Waals surface area contributed by atoms with Crippen LogP contribution in [0.25, 0.3) is 0 Å². The second-order valence-electron chi connectivity index (χ2n) is 6.01. The van der Waals surface area contributed by atoms with Crippen molar-refractivity contribution in [3.05, 3.63) is 0 Å². The molecule has 0 heterocycles. The average Bonchev–Trinajstić information content (AvgIpc) is 2.85. The monoisotopic (exact) mass is 195 g/mol. The van der Waals surface area contributed by atoms with Crippen LogP contribution in [0.4, 0.5) is 0 Å². The van der Waals surface area contributed by atoms with E-state index in [1.807, 2.05) is 0 Å². The Morgan fingerprint density at radius 3 is 2.57 bits per heavy atom. The van der Waals surface area contributed by atoms with Gasteiger partial charge < -0.3 is 5.32 Å². The number of nitrogens with one attached hydrogen (secondary N) is 1. The molecule has 2 saturated carbocycles. The Balaban J connectivity index is 1.78. The molecule has 0 bridgehead atoms. The minimum Gasteiger partial charge on any atom is -0.311 e. The highest BCUT2D eigenvalue weighted by molar-refractivity contribution is 4.97. The Morgan fingerprint density at radius 1 is 1.29 bits per heavy atom. The highest BCUT2D eigenvalue weighted by Gasteiger charge is 2.43. The minimum atomic E-state index is 0.640. The van der Waals surface area contributed by atoms with Crippen LogP contribution >= 0.6 is 0 Å². The van der Waals surface area contributed by atoms with E-state index in [9.17, 15) is 0 Å². The van der Waals surface area contributed by atoms with Crippen molar-refractivity contribution in [3.63, 3.8) is 0 Å². The molecule has 14 heavy (non-hydrogen) atoms. The van der Waals surface area contributed by atoms with Crippen molar-refractivity contribution in [3.8, 4) is 0 Å². The summed E-state index contributed by atoms with van der Waals surface area (Å²) in [5, 5.41) is 3.85. The standard InChI is InChI=1S/C13H25N/c1-10-5-4-6-12(9-10)14-11(2)13(3)7-8-13/h10-12,14H,4-9H2,1-3H3. The SMILES string of the molecule is CC1CCCC(NC(C)C2(C)CC2)C1. The highest BCUT2D eigenvalue weighted by Crippen LogP contribution is 2.48. The maximum absolute atomic E-state index is 3.85. The Morgan fingerprint density at radius 2 is 2.00 bits per heavy atom. The first-order chi connectivity index (χ1) is 6.60. The van der Waals surface area contributed by atoms with Crippen molar-refractivity contribution >= 4 is 0 Å². The molecule has 3 unspecified atom stereocenters. The molecule has 3 atom stereocenters. The lowest BCUT2D eigenvalue weighted by molar-refractivity contribution is 0.253. The van der Waals surface area contributed by atoms with Gasteiger partial charge in [-0.1, -0.05) is 26.7 Å². The summed E-state index contributed by atoms with van der Waals surface area (Å²) in [5.74, 6) is 0.945. The second kappa shape index (κ2) is 3.84. The normalized spacial score (nSPS) is 37.9. The molecule has 0 aromatic rings. The van der Waals surface area contributed by atoms with E-state index < -0.39 is 0 Å².